The average molecular weight is 452 g/mol. The Labute approximate surface area is 201 Å². The van der Waals surface area contributed by atoms with Crippen molar-refractivity contribution < 1.29 is 9.13 Å². The summed E-state index contributed by atoms with van der Waals surface area (Å²) in [6.45, 7) is 2.96. The second-order valence-corrected chi connectivity index (χ2v) is 8.72. The van der Waals surface area contributed by atoms with Crippen LogP contribution in [0.25, 0.3) is 21.9 Å². The Hall–Kier alpha value is -3.64. The quantitative estimate of drug-likeness (QED) is 0.227. The minimum Gasteiger partial charge on any atom is -0.494 e. The van der Waals surface area contributed by atoms with Crippen molar-refractivity contribution >= 4 is 10.8 Å². The van der Waals surface area contributed by atoms with Gasteiger partial charge in [-0.2, -0.15) is 5.26 Å². The number of aryl methyl sites for hydroxylation is 2. The van der Waals surface area contributed by atoms with E-state index in [1.807, 2.05) is 54.6 Å². The molecule has 0 aliphatic heterocycles. The van der Waals surface area contributed by atoms with E-state index in [4.69, 9.17) is 10.00 Å². The summed E-state index contributed by atoms with van der Waals surface area (Å²) < 4.78 is 21.1. The summed E-state index contributed by atoms with van der Waals surface area (Å²) in [6.07, 6.45) is 6.13. The molecule has 0 atom stereocenters. The Morgan fingerprint density at radius 3 is 2.29 bits per heavy atom. The highest BCUT2D eigenvalue weighted by Gasteiger charge is 2.09. The van der Waals surface area contributed by atoms with Crippen molar-refractivity contribution in [2.45, 2.75) is 45.4 Å². The Balaban J connectivity index is 1.43. The molecule has 3 heteroatoms. The molecule has 0 spiro atoms. The van der Waals surface area contributed by atoms with Gasteiger partial charge in [0.1, 0.15) is 11.6 Å². The van der Waals surface area contributed by atoms with Crippen LogP contribution in [0.4, 0.5) is 4.39 Å². The Bertz CT molecular complexity index is 1270. The number of unbranched alkanes of at least 4 members (excludes halogenated alkanes) is 3. The van der Waals surface area contributed by atoms with Crippen LogP contribution in [0.1, 0.15) is 49.3 Å². The van der Waals surface area contributed by atoms with Crippen LogP contribution in [0.3, 0.4) is 0 Å². The van der Waals surface area contributed by atoms with E-state index in [0.717, 1.165) is 47.3 Å². The van der Waals surface area contributed by atoms with Gasteiger partial charge in [0, 0.05) is 5.39 Å². The maximum absolute atomic E-state index is 15.2. The highest BCUT2D eigenvalue weighted by Crippen LogP contribution is 2.29. The molecule has 4 rings (SSSR count). The largest absolute Gasteiger partial charge is 0.494 e. The third-order valence-corrected chi connectivity index (χ3v) is 6.25. The zero-order chi connectivity index (χ0) is 23.8. The van der Waals surface area contributed by atoms with Gasteiger partial charge in [-0.15, -0.1) is 0 Å². The van der Waals surface area contributed by atoms with E-state index in [9.17, 15) is 0 Å². The second kappa shape index (κ2) is 11.5. The molecule has 0 fully saturated rings. The number of ether oxygens (including phenoxy) is 1. The Morgan fingerprint density at radius 1 is 0.794 bits per heavy atom. The zero-order valence-corrected chi connectivity index (χ0v) is 19.7. The molecule has 2 nitrogen and oxygen atoms in total. The molecule has 0 aliphatic carbocycles. The van der Waals surface area contributed by atoms with Gasteiger partial charge < -0.3 is 4.74 Å². The van der Waals surface area contributed by atoms with Gasteiger partial charge in [-0.3, -0.25) is 0 Å². The number of hydrogen-bond acceptors (Lipinski definition) is 2. The molecule has 0 heterocycles. The average Bonchev–Trinajstić information content (AvgIpc) is 2.89. The van der Waals surface area contributed by atoms with E-state index >= 15 is 4.39 Å². The lowest BCUT2D eigenvalue weighted by Crippen LogP contribution is -1.97. The number of rotatable bonds is 10. The highest BCUT2D eigenvalue weighted by molar-refractivity contribution is 5.88. The molecule has 0 saturated carbocycles. The standard InChI is InChI=1S/C31H30FNO/c1-2-3-4-5-20-34-29-17-14-25(15-18-29)27-16-19-30-28(21-27)13-12-26(31(30)32)11-10-23-6-8-24(22-33)9-7-23/h6-9,12-19,21H,2-5,10-11,20H2,1H3. The summed E-state index contributed by atoms with van der Waals surface area (Å²) in [7, 11) is 0. The summed E-state index contributed by atoms with van der Waals surface area (Å²) in [6, 6.07) is 27.5. The van der Waals surface area contributed by atoms with Crippen molar-refractivity contribution in [1.29, 1.82) is 5.26 Å². The van der Waals surface area contributed by atoms with Gasteiger partial charge in [0.15, 0.2) is 0 Å². The van der Waals surface area contributed by atoms with Gasteiger partial charge in [0.05, 0.1) is 18.2 Å². The van der Waals surface area contributed by atoms with Gasteiger partial charge in [-0.1, -0.05) is 74.7 Å². The highest BCUT2D eigenvalue weighted by atomic mass is 19.1. The fourth-order valence-electron chi connectivity index (χ4n) is 4.20. The van der Waals surface area contributed by atoms with Crippen LogP contribution < -0.4 is 4.74 Å². The first kappa shape index (κ1) is 23.5. The maximum atomic E-state index is 15.2. The van der Waals surface area contributed by atoms with E-state index in [-0.39, 0.29) is 5.82 Å². The first-order chi connectivity index (χ1) is 16.7. The van der Waals surface area contributed by atoms with Crippen LogP contribution in [0.2, 0.25) is 0 Å². The summed E-state index contributed by atoms with van der Waals surface area (Å²) in [5, 5.41) is 10.5. The van der Waals surface area contributed by atoms with Crippen LogP contribution in [-0.4, -0.2) is 6.61 Å². The number of halogens is 1. The first-order valence-corrected chi connectivity index (χ1v) is 12.1. The predicted molar refractivity (Wildman–Crippen MR) is 138 cm³/mol. The lowest BCUT2D eigenvalue weighted by Gasteiger charge is -2.10. The van der Waals surface area contributed by atoms with Crippen molar-refractivity contribution in [3.8, 4) is 22.9 Å². The van der Waals surface area contributed by atoms with Gasteiger partial charge >= 0.3 is 0 Å². The number of nitrogens with zero attached hydrogens (tertiary/aromatic N) is 1. The maximum Gasteiger partial charge on any atom is 0.134 e. The molecule has 0 saturated heterocycles. The fraction of sp³-hybridized carbons (Fsp3) is 0.258. The number of fused-ring (bicyclic) bond motifs is 1. The molecule has 0 radical (unpaired) electrons. The van der Waals surface area contributed by atoms with Crippen molar-refractivity contribution in [3.05, 3.63) is 101 Å². The van der Waals surface area contributed by atoms with Crippen LogP contribution in [0, 0.1) is 17.1 Å². The van der Waals surface area contributed by atoms with Crippen LogP contribution in [-0.2, 0) is 12.8 Å². The SMILES string of the molecule is CCCCCCOc1ccc(-c2ccc3c(F)c(CCc4ccc(C#N)cc4)ccc3c2)cc1. The second-order valence-electron chi connectivity index (χ2n) is 8.72. The minimum absolute atomic E-state index is 0.149. The lowest BCUT2D eigenvalue weighted by molar-refractivity contribution is 0.305. The van der Waals surface area contributed by atoms with Gasteiger partial charge in [-0.05, 0) is 77.2 Å². The number of nitriles is 1. The number of benzene rings is 4. The first-order valence-electron chi connectivity index (χ1n) is 12.1. The van der Waals surface area contributed by atoms with Crippen molar-refractivity contribution in [2.24, 2.45) is 0 Å². The summed E-state index contributed by atoms with van der Waals surface area (Å²) >= 11 is 0. The van der Waals surface area contributed by atoms with E-state index in [1.165, 1.54) is 19.3 Å². The third kappa shape index (κ3) is 5.83. The molecule has 0 aliphatic rings. The lowest BCUT2D eigenvalue weighted by atomic mass is 9.97. The Morgan fingerprint density at radius 2 is 1.56 bits per heavy atom. The van der Waals surface area contributed by atoms with Gasteiger partial charge in [0.2, 0.25) is 0 Å². The molecule has 0 amide bonds. The molecular formula is C31H30FNO. The van der Waals surface area contributed by atoms with E-state index in [1.54, 1.807) is 12.1 Å². The molecule has 0 N–H and O–H groups in total. The van der Waals surface area contributed by atoms with Crippen LogP contribution >= 0.6 is 0 Å². The molecule has 0 aromatic heterocycles. The normalized spacial score (nSPS) is 10.9. The summed E-state index contributed by atoms with van der Waals surface area (Å²) in [4.78, 5) is 0. The predicted octanol–water partition coefficient (Wildman–Crippen LogP) is 8.26. The van der Waals surface area contributed by atoms with Gasteiger partial charge in [0.25, 0.3) is 0 Å². The van der Waals surface area contributed by atoms with Crippen LogP contribution in [0.5, 0.6) is 5.75 Å². The molecule has 0 unspecified atom stereocenters. The zero-order valence-electron chi connectivity index (χ0n) is 19.7. The van der Waals surface area contributed by atoms with Crippen molar-refractivity contribution in [2.75, 3.05) is 6.61 Å². The number of hydrogen-bond donors (Lipinski definition) is 0. The molecule has 172 valence electrons. The summed E-state index contributed by atoms with van der Waals surface area (Å²) in [5.74, 6) is 0.739. The van der Waals surface area contributed by atoms with E-state index < -0.39 is 0 Å². The molecule has 34 heavy (non-hydrogen) atoms. The molecule has 4 aromatic rings. The fourth-order valence-corrected chi connectivity index (χ4v) is 4.20. The van der Waals surface area contributed by atoms with Crippen molar-refractivity contribution in [1.82, 2.24) is 0 Å². The molecule has 0 bridgehead atoms. The monoisotopic (exact) mass is 451 g/mol. The van der Waals surface area contributed by atoms with E-state index in [2.05, 4.69) is 25.1 Å². The van der Waals surface area contributed by atoms with Crippen LogP contribution in [0.15, 0.2) is 78.9 Å². The third-order valence-electron chi connectivity index (χ3n) is 6.25. The Kier molecular flexibility index (Phi) is 7.94. The van der Waals surface area contributed by atoms with Gasteiger partial charge in [-0.25, -0.2) is 4.39 Å². The molecular weight excluding hydrogens is 421 g/mol. The van der Waals surface area contributed by atoms with Crippen molar-refractivity contribution in [3.63, 3.8) is 0 Å². The molecule has 4 aromatic carbocycles. The minimum atomic E-state index is -0.149. The van der Waals surface area contributed by atoms with E-state index in [0.29, 0.717) is 22.9 Å². The summed E-state index contributed by atoms with van der Waals surface area (Å²) in [5.41, 5.74) is 4.60. The smallest absolute Gasteiger partial charge is 0.134 e. The topological polar surface area (TPSA) is 33.0 Å².